The number of aryl methyl sites for hydroxylation is 4. The first-order valence-electron chi connectivity index (χ1n) is 10.6. The Balaban J connectivity index is 1.39. The standard InChI is InChI=1S/C23H28FN5O2/c1-14-7-8-18(24)19(10-14)29-9-5-6-17(12-29)26-20(30)13-31-23-21-15(2)11-16(3)25-22(21)28(4)27-23/h7-8,10-11,17H,5-6,9,12-13H2,1-4H3,(H,26,30). The van der Waals surface area contributed by atoms with Gasteiger partial charge in [-0.1, -0.05) is 6.07 Å². The Morgan fingerprint density at radius 3 is 2.90 bits per heavy atom. The monoisotopic (exact) mass is 425 g/mol. The van der Waals surface area contributed by atoms with Crippen molar-refractivity contribution in [3.8, 4) is 5.88 Å². The molecule has 1 fully saturated rings. The molecular formula is C23H28FN5O2. The van der Waals surface area contributed by atoms with Crippen molar-refractivity contribution in [2.24, 2.45) is 7.05 Å². The molecule has 1 saturated heterocycles. The van der Waals surface area contributed by atoms with E-state index in [9.17, 15) is 9.18 Å². The predicted molar refractivity (Wildman–Crippen MR) is 118 cm³/mol. The molecule has 1 aliphatic heterocycles. The lowest BCUT2D eigenvalue weighted by atomic mass is 10.0. The fourth-order valence-corrected chi connectivity index (χ4v) is 4.23. The second kappa shape index (κ2) is 8.53. The van der Waals surface area contributed by atoms with E-state index in [4.69, 9.17) is 4.74 Å². The van der Waals surface area contributed by atoms with Gasteiger partial charge in [0.2, 0.25) is 5.88 Å². The molecule has 1 unspecified atom stereocenters. The van der Waals surface area contributed by atoms with Gasteiger partial charge in [-0.15, -0.1) is 5.10 Å². The smallest absolute Gasteiger partial charge is 0.258 e. The Labute approximate surface area is 181 Å². The molecule has 0 spiro atoms. The number of carbonyl (C=O) groups is 1. The van der Waals surface area contributed by atoms with E-state index in [0.717, 1.165) is 47.2 Å². The molecule has 1 aromatic carbocycles. The van der Waals surface area contributed by atoms with E-state index in [2.05, 4.69) is 15.4 Å². The molecule has 2 aromatic heterocycles. The van der Waals surface area contributed by atoms with Crippen molar-refractivity contribution in [2.75, 3.05) is 24.6 Å². The normalized spacial score (nSPS) is 16.5. The van der Waals surface area contributed by atoms with Crippen molar-refractivity contribution in [3.05, 3.63) is 46.9 Å². The topological polar surface area (TPSA) is 72.3 Å². The molecule has 3 aromatic rings. The van der Waals surface area contributed by atoms with Gasteiger partial charge in [0.05, 0.1) is 11.1 Å². The molecule has 1 N–H and O–H groups in total. The molecule has 8 heteroatoms. The molecule has 0 aliphatic carbocycles. The molecule has 1 aliphatic rings. The maximum absolute atomic E-state index is 14.3. The highest BCUT2D eigenvalue weighted by molar-refractivity contribution is 5.85. The number of ether oxygens (including phenoxy) is 1. The number of rotatable bonds is 5. The lowest BCUT2D eigenvalue weighted by Crippen LogP contribution is -2.49. The Morgan fingerprint density at radius 1 is 1.29 bits per heavy atom. The SMILES string of the molecule is Cc1ccc(F)c(N2CCCC(NC(=O)COc3nn(C)c4nc(C)cc(C)c34)C2)c1. The van der Waals surface area contributed by atoms with Gasteiger partial charge in [-0.2, -0.15) is 0 Å². The molecule has 1 atom stereocenters. The van der Waals surface area contributed by atoms with Crippen LogP contribution in [-0.2, 0) is 11.8 Å². The first kappa shape index (κ1) is 21.1. The molecule has 1 amide bonds. The maximum atomic E-state index is 14.3. The second-order valence-corrected chi connectivity index (χ2v) is 8.30. The summed E-state index contributed by atoms with van der Waals surface area (Å²) in [7, 11) is 1.81. The van der Waals surface area contributed by atoms with E-state index in [1.165, 1.54) is 6.07 Å². The summed E-state index contributed by atoms with van der Waals surface area (Å²) in [5.41, 5.74) is 4.25. The summed E-state index contributed by atoms with van der Waals surface area (Å²) >= 11 is 0. The van der Waals surface area contributed by atoms with Gasteiger partial charge in [-0.25, -0.2) is 14.1 Å². The van der Waals surface area contributed by atoms with E-state index in [-0.39, 0.29) is 24.4 Å². The fourth-order valence-electron chi connectivity index (χ4n) is 4.23. The molecule has 31 heavy (non-hydrogen) atoms. The number of amides is 1. The molecule has 4 rings (SSSR count). The summed E-state index contributed by atoms with van der Waals surface area (Å²) < 4.78 is 21.7. The number of benzene rings is 1. The number of anilines is 1. The number of nitrogens with one attached hydrogen (secondary N) is 1. The number of nitrogens with zero attached hydrogens (tertiary/aromatic N) is 4. The number of piperidine rings is 1. The van der Waals surface area contributed by atoms with Crippen molar-refractivity contribution < 1.29 is 13.9 Å². The van der Waals surface area contributed by atoms with Crippen LogP contribution in [0.15, 0.2) is 24.3 Å². The van der Waals surface area contributed by atoms with E-state index in [0.29, 0.717) is 18.1 Å². The molecule has 3 heterocycles. The molecule has 7 nitrogen and oxygen atoms in total. The van der Waals surface area contributed by atoms with Gasteiger partial charge in [-0.05, 0) is 62.9 Å². The Hall–Kier alpha value is -3.16. The van der Waals surface area contributed by atoms with Gasteiger partial charge in [-0.3, -0.25) is 4.79 Å². The number of aromatic nitrogens is 3. The molecule has 0 radical (unpaired) electrons. The lowest BCUT2D eigenvalue weighted by molar-refractivity contribution is -0.123. The van der Waals surface area contributed by atoms with E-state index < -0.39 is 0 Å². The van der Waals surface area contributed by atoms with Crippen LogP contribution in [0.3, 0.4) is 0 Å². The van der Waals surface area contributed by atoms with Crippen molar-refractivity contribution in [2.45, 2.75) is 39.7 Å². The highest BCUT2D eigenvalue weighted by atomic mass is 19.1. The second-order valence-electron chi connectivity index (χ2n) is 8.30. The van der Waals surface area contributed by atoms with Crippen molar-refractivity contribution in [1.82, 2.24) is 20.1 Å². The van der Waals surface area contributed by atoms with Gasteiger partial charge < -0.3 is 15.0 Å². The third-order valence-electron chi connectivity index (χ3n) is 5.66. The van der Waals surface area contributed by atoms with Gasteiger partial charge >= 0.3 is 0 Å². The van der Waals surface area contributed by atoms with Gasteiger partial charge in [0.1, 0.15) is 5.82 Å². The number of hydrogen-bond donors (Lipinski definition) is 1. The quantitative estimate of drug-likeness (QED) is 0.680. The van der Waals surface area contributed by atoms with Crippen LogP contribution in [0.1, 0.15) is 29.7 Å². The number of carbonyl (C=O) groups excluding carboxylic acids is 1. The van der Waals surface area contributed by atoms with E-state index >= 15 is 0 Å². The minimum Gasteiger partial charge on any atom is -0.466 e. The van der Waals surface area contributed by atoms with E-state index in [1.807, 2.05) is 44.9 Å². The molecule has 0 bridgehead atoms. The molecule has 164 valence electrons. The first-order chi connectivity index (χ1) is 14.8. The zero-order valence-corrected chi connectivity index (χ0v) is 18.4. The Morgan fingerprint density at radius 2 is 2.10 bits per heavy atom. The number of pyridine rings is 1. The summed E-state index contributed by atoms with van der Waals surface area (Å²) in [5, 5.41) is 8.22. The molecule has 0 saturated carbocycles. The first-order valence-corrected chi connectivity index (χ1v) is 10.6. The van der Waals surface area contributed by atoms with Crippen LogP contribution in [0.2, 0.25) is 0 Å². The Kier molecular flexibility index (Phi) is 5.80. The largest absolute Gasteiger partial charge is 0.466 e. The summed E-state index contributed by atoms with van der Waals surface area (Å²) in [6.45, 7) is 7.07. The summed E-state index contributed by atoms with van der Waals surface area (Å²) in [6.07, 6.45) is 1.73. The highest BCUT2D eigenvalue weighted by Gasteiger charge is 2.24. The van der Waals surface area contributed by atoms with Crippen LogP contribution in [0.25, 0.3) is 11.0 Å². The average Bonchev–Trinajstić information content (AvgIpc) is 3.04. The van der Waals surface area contributed by atoms with Crippen LogP contribution in [-0.4, -0.2) is 46.4 Å². The Bertz CT molecular complexity index is 1130. The number of halogens is 1. The third kappa shape index (κ3) is 4.47. The van der Waals surface area contributed by atoms with Crippen LogP contribution in [0.5, 0.6) is 5.88 Å². The number of hydrogen-bond acceptors (Lipinski definition) is 5. The van der Waals surface area contributed by atoms with Gasteiger partial charge in [0, 0.05) is 31.9 Å². The predicted octanol–water partition coefficient (Wildman–Crippen LogP) is 3.20. The summed E-state index contributed by atoms with van der Waals surface area (Å²) in [4.78, 5) is 19.1. The molecular weight excluding hydrogens is 397 g/mol. The average molecular weight is 426 g/mol. The fraction of sp³-hybridized carbons (Fsp3) is 0.435. The van der Waals surface area contributed by atoms with Crippen LogP contribution in [0, 0.1) is 26.6 Å². The minimum atomic E-state index is -0.234. The maximum Gasteiger partial charge on any atom is 0.258 e. The minimum absolute atomic E-state index is 0.0590. The summed E-state index contributed by atoms with van der Waals surface area (Å²) in [6, 6.07) is 7.02. The zero-order valence-electron chi connectivity index (χ0n) is 18.4. The van der Waals surface area contributed by atoms with Crippen LogP contribution < -0.4 is 15.0 Å². The van der Waals surface area contributed by atoms with Crippen LogP contribution >= 0.6 is 0 Å². The number of fused-ring (bicyclic) bond motifs is 1. The van der Waals surface area contributed by atoms with Crippen molar-refractivity contribution in [3.63, 3.8) is 0 Å². The van der Waals surface area contributed by atoms with Crippen molar-refractivity contribution in [1.29, 1.82) is 0 Å². The zero-order chi connectivity index (χ0) is 22.1. The highest BCUT2D eigenvalue weighted by Crippen LogP contribution is 2.27. The van der Waals surface area contributed by atoms with Crippen LogP contribution in [0.4, 0.5) is 10.1 Å². The van der Waals surface area contributed by atoms with E-state index in [1.54, 1.807) is 10.7 Å². The lowest BCUT2D eigenvalue weighted by Gasteiger charge is -2.35. The van der Waals surface area contributed by atoms with Crippen molar-refractivity contribution >= 4 is 22.6 Å². The van der Waals surface area contributed by atoms with Gasteiger partial charge in [0.25, 0.3) is 5.91 Å². The summed E-state index contributed by atoms with van der Waals surface area (Å²) in [5.74, 6) is -0.0417. The van der Waals surface area contributed by atoms with Gasteiger partial charge in [0.15, 0.2) is 12.3 Å². The third-order valence-corrected chi connectivity index (χ3v) is 5.66.